The zero-order chi connectivity index (χ0) is 14.5. The molecule has 7 heteroatoms. The maximum atomic E-state index is 10.8. The summed E-state index contributed by atoms with van der Waals surface area (Å²) >= 11 is 0. The van der Waals surface area contributed by atoms with Crippen molar-refractivity contribution in [2.45, 2.75) is 6.54 Å². The highest BCUT2D eigenvalue weighted by molar-refractivity contribution is 5.86. The average Bonchev–Trinajstić information content (AvgIpc) is 2.46. The second-order valence-corrected chi connectivity index (χ2v) is 4.01. The Hall–Kier alpha value is -2.96. The minimum absolute atomic E-state index is 0.0332. The summed E-state index contributed by atoms with van der Waals surface area (Å²) in [4.78, 5) is 24.5. The number of rotatable bonds is 5. The van der Waals surface area contributed by atoms with Crippen LogP contribution in [0.1, 0.15) is 16.1 Å². The summed E-state index contributed by atoms with van der Waals surface area (Å²) in [7, 11) is 0. The molecule has 0 radical (unpaired) electrons. The summed E-state index contributed by atoms with van der Waals surface area (Å²) in [6.07, 6.45) is 1.40. The van der Waals surface area contributed by atoms with Crippen molar-refractivity contribution in [1.29, 1.82) is 0 Å². The number of carboxylic acids is 1. The molecule has 2 aromatic rings. The van der Waals surface area contributed by atoms with Crippen LogP contribution in [-0.2, 0) is 6.54 Å². The van der Waals surface area contributed by atoms with Gasteiger partial charge in [-0.15, -0.1) is 0 Å². The van der Waals surface area contributed by atoms with E-state index in [1.54, 1.807) is 18.2 Å². The van der Waals surface area contributed by atoms with Crippen molar-refractivity contribution in [3.8, 4) is 0 Å². The second-order valence-electron chi connectivity index (χ2n) is 4.01. The normalized spacial score (nSPS) is 10.0. The Morgan fingerprint density at radius 3 is 2.60 bits per heavy atom. The van der Waals surface area contributed by atoms with Crippen LogP contribution in [0.15, 0.2) is 42.6 Å². The number of nitro groups is 1. The number of nitrogens with one attached hydrogen (secondary N) is 1. The van der Waals surface area contributed by atoms with E-state index in [-0.39, 0.29) is 11.4 Å². The van der Waals surface area contributed by atoms with Gasteiger partial charge in [0, 0.05) is 30.6 Å². The molecule has 0 unspecified atom stereocenters. The van der Waals surface area contributed by atoms with Gasteiger partial charge in [-0.3, -0.25) is 10.1 Å². The molecule has 0 saturated carbocycles. The van der Waals surface area contributed by atoms with E-state index < -0.39 is 10.9 Å². The minimum atomic E-state index is -1.09. The number of carbonyl (C=O) groups is 1. The molecule has 1 aromatic carbocycles. The van der Waals surface area contributed by atoms with Crippen molar-refractivity contribution >= 4 is 17.3 Å². The molecule has 0 atom stereocenters. The first-order valence-electron chi connectivity index (χ1n) is 5.73. The summed E-state index contributed by atoms with van der Waals surface area (Å²) in [5.74, 6) is -1.09. The third-order valence-electron chi connectivity index (χ3n) is 2.62. The molecule has 0 bridgehead atoms. The average molecular weight is 273 g/mol. The number of benzene rings is 1. The Kier molecular flexibility index (Phi) is 3.90. The van der Waals surface area contributed by atoms with Gasteiger partial charge in [-0.1, -0.05) is 12.1 Å². The number of aromatic nitrogens is 1. The summed E-state index contributed by atoms with van der Waals surface area (Å²) in [6, 6.07) is 9.21. The predicted octanol–water partition coefficient (Wildman–Crippen LogP) is 2.30. The van der Waals surface area contributed by atoms with Crippen molar-refractivity contribution in [2.24, 2.45) is 0 Å². The van der Waals surface area contributed by atoms with E-state index in [4.69, 9.17) is 5.11 Å². The largest absolute Gasteiger partial charge is 0.477 e. The van der Waals surface area contributed by atoms with Crippen LogP contribution in [0, 0.1) is 10.1 Å². The van der Waals surface area contributed by atoms with Gasteiger partial charge in [-0.2, -0.15) is 0 Å². The Balaban J connectivity index is 2.03. The molecule has 0 aliphatic carbocycles. The van der Waals surface area contributed by atoms with Gasteiger partial charge in [-0.05, 0) is 17.7 Å². The first kappa shape index (κ1) is 13.5. The molecule has 0 aliphatic heterocycles. The minimum Gasteiger partial charge on any atom is -0.477 e. The third kappa shape index (κ3) is 3.29. The fourth-order valence-electron chi connectivity index (χ4n) is 1.60. The van der Waals surface area contributed by atoms with Gasteiger partial charge in [0.05, 0.1) is 4.92 Å². The molecule has 0 amide bonds. The van der Waals surface area contributed by atoms with Crippen LogP contribution in [0.25, 0.3) is 0 Å². The highest BCUT2D eigenvalue weighted by Gasteiger charge is 2.06. The van der Waals surface area contributed by atoms with Gasteiger partial charge in [0.25, 0.3) is 5.69 Å². The third-order valence-corrected chi connectivity index (χ3v) is 2.62. The number of pyridine rings is 1. The smallest absolute Gasteiger partial charge is 0.354 e. The molecule has 2 N–H and O–H groups in total. The number of carboxylic acid groups (broad SMARTS) is 1. The molecule has 0 fully saturated rings. The maximum absolute atomic E-state index is 10.8. The lowest BCUT2D eigenvalue weighted by atomic mass is 10.2. The fraction of sp³-hybridized carbons (Fsp3) is 0.0769. The number of nitro benzene ring substituents is 1. The number of nitrogens with zero attached hydrogens (tertiary/aromatic N) is 2. The van der Waals surface area contributed by atoms with Gasteiger partial charge < -0.3 is 10.4 Å². The number of hydrogen-bond acceptors (Lipinski definition) is 5. The van der Waals surface area contributed by atoms with Crippen LogP contribution in [0.2, 0.25) is 0 Å². The Morgan fingerprint density at radius 2 is 2.00 bits per heavy atom. The Morgan fingerprint density at radius 1 is 1.30 bits per heavy atom. The highest BCUT2D eigenvalue weighted by Crippen LogP contribution is 2.14. The van der Waals surface area contributed by atoms with Crippen molar-refractivity contribution in [1.82, 2.24) is 4.98 Å². The van der Waals surface area contributed by atoms with Crippen molar-refractivity contribution in [2.75, 3.05) is 5.32 Å². The molecule has 1 heterocycles. The maximum Gasteiger partial charge on any atom is 0.354 e. The zero-order valence-electron chi connectivity index (χ0n) is 10.3. The summed E-state index contributed by atoms with van der Waals surface area (Å²) in [5.41, 5.74) is 1.46. The lowest BCUT2D eigenvalue weighted by Gasteiger charge is -2.06. The van der Waals surface area contributed by atoms with E-state index in [0.717, 1.165) is 5.56 Å². The van der Waals surface area contributed by atoms with E-state index in [1.807, 2.05) is 0 Å². The predicted molar refractivity (Wildman–Crippen MR) is 71.6 cm³/mol. The Bertz CT molecular complexity index is 640. The highest BCUT2D eigenvalue weighted by atomic mass is 16.6. The number of anilines is 1. The number of non-ortho nitro benzene ring substituents is 1. The van der Waals surface area contributed by atoms with Crippen molar-refractivity contribution in [3.05, 3.63) is 64.0 Å². The number of aromatic carboxylic acids is 1. The Labute approximate surface area is 114 Å². The molecular formula is C13H11N3O4. The van der Waals surface area contributed by atoms with Crippen molar-refractivity contribution in [3.63, 3.8) is 0 Å². The zero-order valence-corrected chi connectivity index (χ0v) is 10.3. The van der Waals surface area contributed by atoms with E-state index in [0.29, 0.717) is 12.2 Å². The lowest BCUT2D eigenvalue weighted by Crippen LogP contribution is -2.04. The van der Waals surface area contributed by atoms with Crippen LogP contribution in [0.5, 0.6) is 0 Å². The van der Waals surface area contributed by atoms with Crippen LogP contribution < -0.4 is 5.32 Å². The van der Waals surface area contributed by atoms with Gasteiger partial charge >= 0.3 is 5.97 Å². The van der Waals surface area contributed by atoms with E-state index in [1.165, 1.54) is 24.4 Å². The SMILES string of the molecule is O=C(O)c1cc(NCc2ccc([N+](=O)[O-])cc2)ccn1. The van der Waals surface area contributed by atoms with Gasteiger partial charge in [0.1, 0.15) is 5.69 Å². The van der Waals surface area contributed by atoms with Crippen LogP contribution >= 0.6 is 0 Å². The van der Waals surface area contributed by atoms with E-state index in [9.17, 15) is 14.9 Å². The molecule has 7 nitrogen and oxygen atoms in total. The molecule has 20 heavy (non-hydrogen) atoms. The van der Waals surface area contributed by atoms with Crippen molar-refractivity contribution < 1.29 is 14.8 Å². The summed E-state index contributed by atoms with van der Waals surface area (Å²) in [6.45, 7) is 0.432. The summed E-state index contributed by atoms with van der Waals surface area (Å²) in [5, 5.41) is 22.4. The molecule has 102 valence electrons. The van der Waals surface area contributed by atoms with Crippen LogP contribution in [0.3, 0.4) is 0 Å². The molecule has 1 aromatic heterocycles. The standard InChI is InChI=1S/C13H11N3O4/c17-13(18)12-7-10(5-6-14-12)15-8-9-1-3-11(4-2-9)16(19)20/h1-7H,8H2,(H,14,15)(H,17,18). The van der Waals surface area contributed by atoms with E-state index >= 15 is 0 Å². The molecule has 0 saturated heterocycles. The molecule has 0 aliphatic rings. The van der Waals surface area contributed by atoms with Gasteiger partial charge in [-0.25, -0.2) is 9.78 Å². The molecule has 0 spiro atoms. The topological polar surface area (TPSA) is 105 Å². The second kappa shape index (κ2) is 5.79. The number of hydrogen-bond donors (Lipinski definition) is 2. The van der Waals surface area contributed by atoms with Crippen LogP contribution in [0.4, 0.5) is 11.4 Å². The first-order valence-corrected chi connectivity index (χ1v) is 5.73. The fourth-order valence-corrected chi connectivity index (χ4v) is 1.60. The molecular weight excluding hydrogens is 262 g/mol. The monoisotopic (exact) mass is 273 g/mol. The quantitative estimate of drug-likeness (QED) is 0.639. The van der Waals surface area contributed by atoms with Crippen LogP contribution in [-0.4, -0.2) is 21.0 Å². The van der Waals surface area contributed by atoms with Gasteiger partial charge in [0.2, 0.25) is 0 Å². The lowest BCUT2D eigenvalue weighted by molar-refractivity contribution is -0.384. The molecule has 2 rings (SSSR count). The first-order chi connectivity index (χ1) is 9.56. The van der Waals surface area contributed by atoms with E-state index in [2.05, 4.69) is 10.3 Å². The summed E-state index contributed by atoms with van der Waals surface area (Å²) < 4.78 is 0. The van der Waals surface area contributed by atoms with Gasteiger partial charge in [0.15, 0.2) is 0 Å².